The molecule has 0 saturated carbocycles. The molecule has 1 aromatic heterocycles. The van der Waals surface area contributed by atoms with Crippen LogP contribution in [0.25, 0.3) is 0 Å². The lowest BCUT2D eigenvalue weighted by Gasteiger charge is -2.31. The number of nitrogens with one attached hydrogen (secondary N) is 2. The molecule has 0 aliphatic carbocycles. The molecule has 2 aromatic rings. The highest BCUT2D eigenvalue weighted by atomic mass is 32.2. The Morgan fingerprint density at radius 3 is 2.45 bits per heavy atom. The number of hydrogen-bond donors (Lipinski definition) is 2. The van der Waals surface area contributed by atoms with Crippen molar-refractivity contribution in [2.45, 2.75) is 24.7 Å². The van der Waals surface area contributed by atoms with Gasteiger partial charge in [0.15, 0.2) is 0 Å². The molecule has 1 fully saturated rings. The minimum absolute atomic E-state index is 0.0965. The van der Waals surface area contributed by atoms with Gasteiger partial charge in [0.05, 0.1) is 18.6 Å². The minimum Gasteiger partial charge on any atom is -0.481 e. The molecule has 12 heteroatoms. The number of sulfonamides is 1. The number of rotatable bonds is 7. The van der Waals surface area contributed by atoms with E-state index in [0.717, 1.165) is 9.87 Å². The van der Waals surface area contributed by atoms with Crippen molar-refractivity contribution in [3.8, 4) is 5.88 Å². The van der Waals surface area contributed by atoms with E-state index in [1.54, 1.807) is 24.4 Å². The first kappa shape index (κ1) is 24.4. The molecule has 2 N–H and O–H groups in total. The van der Waals surface area contributed by atoms with Crippen molar-refractivity contribution >= 4 is 27.8 Å². The number of aromatic nitrogens is 2. The van der Waals surface area contributed by atoms with E-state index in [2.05, 4.69) is 20.8 Å². The van der Waals surface area contributed by atoms with Gasteiger partial charge in [-0.1, -0.05) is 17.7 Å². The van der Waals surface area contributed by atoms with Crippen LogP contribution in [0.3, 0.4) is 0 Å². The Morgan fingerprint density at radius 1 is 1.15 bits per heavy atom. The highest BCUT2D eigenvalue weighted by Crippen LogP contribution is 2.22. The lowest BCUT2D eigenvalue weighted by molar-refractivity contribution is -0.131. The number of carbonyl (C=O) groups excluding carboxylic acids is 2. The van der Waals surface area contributed by atoms with Crippen LogP contribution in [0, 0.1) is 12.8 Å². The molecule has 0 spiro atoms. The van der Waals surface area contributed by atoms with E-state index in [0.29, 0.717) is 37.8 Å². The Balaban J connectivity index is 1.45. The van der Waals surface area contributed by atoms with Crippen LogP contribution in [-0.2, 0) is 19.6 Å². The van der Waals surface area contributed by atoms with Gasteiger partial charge in [0, 0.05) is 38.3 Å². The number of carbonyl (C=O) groups is 2. The fraction of sp³-hybridized carbons (Fsp3) is 0.429. The van der Waals surface area contributed by atoms with E-state index < -0.39 is 22.5 Å². The summed E-state index contributed by atoms with van der Waals surface area (Å²) in [7, 11) is -0.967. The topological polar surface area (TPSA) is 134 Å². The number of hydrazine groups is 1. The smallest absolute Gasteiger partial charge is 0.253 e. The maximum Gasteiger partial charge on any atom is 0.253 e. The molecular formula is C21H28N6O5S. The number of anilines is 1. The third-order valence-electron chi connectivity index (χ3n) is 5.40. The monoisotopic (exact) mass is 476 g/mol. The van der Waals surface area contributed by atoms with Crippen molar-refractivity contribution in [2.75, 3.05) is 38.7 Å². The SMILES string of the molecule is COc1ccnc(N2CCC(C(=O)NNC(=O)CN(C)S(=O)(=O)c3ccc(C)cc3)CC2)n1. The maximum atomic E-state index is 12.6. The quantitative estimate of drug-likeness (QED) is 0.551. The molecule has 33 heavy (non-hydrogen) atoms. The van der Waals surface area contributed by atoms with E-state index in [1.807, 2.05) is 11.8 Å². The van der Waals surface area contributed by atoms with Crippen molar-refractivity contribution in [2.24, 2.45) is 5.92 Å². The number of methoxy groups -OCH3 is 1. The number of benzene rings is 1. The molecule has 2 amide bonds. The largest absolute Gasteiger partial charge is 0.481 e. The molecule has 11 nitrogen and oxygen atoms in total. The normalized spacial score (nSPS) is 14.7. The molecule has 1 aromatic carbocycles. The summed E-state index contributed by atoms with van der Waals surface area (Å²) in [6, 6.07) is 8.02. The summed E-state index contributed by atoms with van der Waals surface area (Å²) >= 11 is 0. The second-order valence-corrected chi connectivity index (χ2v) is 9.82. The summed E-state index contributed by atoms with van der Waals surface area (Å²) in [6.07, 6.45) is 2.74. The van der Waals surface area contributed by atoms with Crippen molar-refractivity contribution in [1.82, 2.24) is 25.1 Å². The Bertz CT molecular complexity index is 1080. The van der Waals surface area contributed by atoms with E-state index in [4.69, 9.17) is 4.74 Å². The third-order valence-corrected chi connectivity index (χ3v) is 7.21. The lowest BCUT2D eigenvalue weighted by atomic mass is 9.96. The van der Waals surface area contributed by atoms with Crippen LogP contribution in [-0.4, -0.2) is 68.3 Å². The van der Waals surface area contributed by atoms with Crippen LogP contribution in [0.5, 0.6) is 5.88 Å². The van der Waals surface area contributed by atoms with Crippen LogP contribution in [0.15, 0.2) is 41.4 Å². The molecule has 1 saturated heterocycles. The number of amides is 2. The van der Waals surface area contributed by atoms with Gasteiger partial charge >= 0.3 is 0 Å². The van der Waals surface area contributed by atoms with E-state index in [9.17, 15) is 18.0 Å². The minimum atomic E-state index is -3.81. The average Bonchev–Trinajstić information content (AvgIpc) is 2.83. The second-order valence-electron chi connectivity index (χ2n) is 7.77. The van der Waals surface area contributed by atoms with Crippen LogP contribution < -0.4 is 20.5 Å². The zero-order chi connectivity index (χ0) is 24.0. The zero-order valence-corrected chi connectivity index (χ0v) is 19.6. The van der Waals surface area contributed by atoms with Gasteiger partial charge < -0.3 is 9.64 Å². The van der Waals surface area contributed by atoms with Gasteiger partial charge in [0.2, 0.25) is 27.8 Å². The fourth-order valence-corrected chi connectivity index (χ4v) is 4.52. The average molecular weight is 477 g/mol. The van der Waals surface area contributed by atoms with Gasteiger partial charge in [0.25, 0.3) is 5.91 Å². The van der Waals surface area contributed by atoms with Gasteiger partial charge in [-0.3, -0.25) is 20.4 Å². The van der Waals surface area contributed by atoms with Crippen molar-refractivity contribution in [3.05, 3.63) is 42.1 Å². The zero-order valence-electron chi connectivity index (χ0n) is 18.8. The molecule has 2 heterocycles. The van der Waals surface area contributed by atoms with Gasteiger partial charge in [-0.05, 0) is 31.9 Å². The first-order valence-electron chi connectivity index (χ1n) is 10.4. The number of hydrogen-bond acceptors (Lipinski definition) is 8. The van der Waals surface area contributed by atoms with Crippen molar-refractivity contribution < 1.29 is 22.7 Å². The summed E-state index contributed by atoms with van der Waals surface area (Å²) in [5.74, 6) is -0.236. The number of ether oxygens (including phenoxy) is 1. The molecule has 178 valence electrons. The van der Waals surface area contributed by atoms with E-state index in [1.165, 1.54) is 26.3 Å². The number of nitrogens with zero attached hydrogens (tertiary/aromatic N) is 4. The predicted molar refractivity (Wildman–Crippen MR) is 121 cm³/mol. The molecular weight excluding hydrogens is 448 g/mol. The molecule has 3 rings (SSSR count). The summed E-state index contributed by atoms with van der Waals surface area (Å²) in [4.78, 5) is 35.3. The van der Waals surface area contributed by atoms with Gasteiger partial charge in [-0.2, -0.15) is 9.29 Å². The van der Waals surface area contributed by atoms with Gasteiger partial charge in [-0.15, -0.1) is 0 Å². The van der Waals surface area contributed by atoms with Crippen LogP contribution >= 0.6 is 0 Å². The first-order valence-corrected chi connectivity index (χ1v) is 11.9. The Kier molecular flexibility index (Phi) is 7.82. The fourth-order valence-electron chi connectivity index (χ4n) is 3.39. The molecule has 0 radical (unpaired) electrons. The summed E-state index contributed by atoms with van der Waals surface area (Å²) < 4.78 is 31.2. The summed E-state index contributed by atoms with van der Waals surface area (Å²) in [6.45, 7) is 2.59. The number of aryl methyl sites for hydroxylation is 1. The number of likely N-dealkylation sites (N-methyl/N-ethyl adjacent to an activating group) is 1. The number of piperidine rings is 1. The van der Waals surface area contributed by atoms with Crippen LogP contribution in [0.1, 0.15) is 18.4 Å². The summed E-state index contributed by atoms with van der Waals surface area (Å²) in [5, 5.41) is 0. The predicted octanol–water partition coefficient (Wildman–Crippen LogP) is 0.478. The van der Waals surface area contributed by atoms with Crippen molar-refractivity contribution in [1.29, 1.82) is 0 Å². The molecule has 0 atom stereocenters. The first-order chi connectivity index (χ1) is 15.7. The van der Waals surface area contributed by atoms with E-state index >= 15 is 0 Å². The molecule has 1 aliphatic heterocycles. The van der Waals surface area contributed by atoms with Crippen LogP contribution in [0.2, 0.25) is 0 Å². The van der Waals surface area contributed by atoms with E-state index in [-0.39, 0.29) is 16.7 Å². The Labute approximate surface area is 193 Å². The third kappa shape index (κ3) is 6.17. The highest BCUT2D eigenvalue weighted by molar-refractivity contribution is 7.89. The lowest BCUT2D eigenvalue weighted by Crippen LogP contribution is -2.50. The standard InChI is InChI=1S/C21H28N6O5S/c1-15-4-6-17(7-5-15)33(30,31)26(2)14-18(28)24-25-20(29)16-9-12-27(13-10-16)21-22-11-8-19(23-21)32-3/h4-8,11,16H,9-10,12-14H2,1-3H3,(H,24,28)(H,25,29). The molecule has 1 aliphatic rings. The highest BCUT2D eigenvalue weighted by Gasteiger charge is 2.27. The molecule has 0 bridgehead atoms. The van der Waals surface area contributed by atoms with Gasteiger partial charge in [0.1, 0.15) is 0 Å². The Morgan fingerprint density at radius 2 is 1.82 bits per heavy atom. The molecule has 0 unspecified atom stereocenters. The van der Waals surface area contributed by atoms with Gasteiger partial charge in [-0.25, -0.2) is 13.4 Å². The second kappa shape index (κ2) is 10.6. The Hall–Kier alpha value is -3.25. The summed E-state index contributed by atoms with van der Waals surface area (Å²) in [5.41, 5.74) is 5.63. The van der Waals surface area contributed by atoms with Crippen LogP contribution in [0.4, 0.5) is 5.95 Å². The maximum absolute atomic E-state index is 12.6. The van der Waals surface area contributed by atoms with Crippen molar-refractivity contribution in [3.63, 3.8) is 0 Å².